The van der Waals surface area contributed by atoms with E-state index >= 15 is 0 Å². The zero-order valence-electron chi connectivity index (χ0n) is 16.5. The zero-order valence-corrected chi connectivity index (χ0v) is 16.5. The molecular formula is C23H21FN4O2. The van der Waals surface area contributed by atoms with Gasteiger partial charge in [0.1, 0.15) is 11.2 Å². The molecule has 1 spiro atoms. The lowest BCUT2D eigenvalue weighted by Gasteiger charge is -2.33. The Bertz CT molecular complexity index is 1160. The third-order valence-electron chi connectivity index (χ3n) is 6.25. The third-order valence-corrected chi connectivity index (χ3v) is 6.25. The number of nitrogens with zero attached hydrogens (tertiary/aromatic N) is 3. The molecule has 3 aromatic rings. The number of nitrogens with one attached hydrogen (secondary N) is 1. The molecule has 1 fully saturated rings. The molecule has 7 heteroatoms. The Labute approximate surface area is 173 Å². The van der Waals surface area contributed by atoms with Crippen LogP contribution in [0.5, 0.6) is 0 Å². The molecule has 0 saturated carbocycles. The Hall–Kier alpha value is -3.48. The van der Waals surface area contributed by atoms with E-state index in [1.165, 1.54) is 6.07 Å². The van der Waals surface area contributed by atoms with E-state index in [9.17, 15) is 14.0 Å². The number of para-hydroxylation sites is 1. The summed E-state index contributed by atoms with van der Waals surface area (Å²) < 4.78 is 15.8. The first-order chi connectivity index (χ1) is 14.5. The smallest absolute Gasteiger partial charge is 0.237 e. The minimum Gasteiger partial charge on any atom is -0.334 e. The van der Waals surface area contributed by atoms with Crippen molar-refractivity contribution >= 4 is 17.5 Å². The lowest BCUT2D eigenvalue weighted by Crippen LogP contribution is -2.43. The Morgan fingerprint density at radius 1 is 1.23 bits per heavy atom. The molecule has 6 nitrogen and oxygen atoms in total. The number of carbonyl (C=O) groups excluding carboxylic acids is 2. The minimum atomic E-state index is -0.884. The monoisotopic (exact) mass is 404 g/mol. The van der Waals surface area contributed by atoms with Crippen molar-refractivity contribution in [1.82, 2.24) is 14.7 Å². The minimum absolute atomic E-state index is 0.0528. The van der Waals surface area contributed by atoms with Gasteiger partial charge in [0.2, 0.25) is 11.8 Å². The van der Waals surface area contributed by atoms with Gasteiger partial charge in [0.25, 0.3) is 0 Å². The van der Waals surface area contributed by atoms with Gasteiger partial charge in [-0.25, -0.2) is 4.39 Å². The van der Waals surface area contributed by atoms with E-state index in [1.807, 2.05) is 30.5 Å². The van der Waals surface area contributed by atoms with Gasteiger partial charge in [-0.1, -0.05) is 36.4 Å². The van der Waals surface area contributed by atoms with Crippen molar-refractivity contribution < 1.29 is 14.0 Å². The van der Waals surface area contributed by atoms with E-state index in [0.29, 0.717) is 18.5 Å². The number of amides is 2. The van der Waals surface area contributed by atoms with Crippen LogP contribution in [-0.2, 0) is 28.5 Å². The molecule has 152 valence electrons. The van der Waals surface area contributed by atoms with Gasteiger partial charge in [0.05, 0.1) is 18.7 Å². The summed E-state index contributed by atoms with van der Waals surface area (Å²) in [5.41, 5.74) is 1.93. The molecule has 0 radical (unpaired) electrons. The number of aryl methyl sites for hydroxylation is 1. The van der Waals surface area contributed by atoms with Crippen LogP contribution in [0.15, 0.2) is 60.9 Å². The molecule has 1 N–H and O–H groups in total. The van der Waals surface area contributed by atoms with Crippen LogP contribution in [0.3, 0.4) is 0 Å². The summed E-state index contributed by atoms with van der Waals surface area (Å²) in [5, 5.41) is 7.27. The van der Waals surface area contributed by atoms with Crippen molar-refractivity contribution in [3.05, 3.63) is 83.4 Å². The highest BCUT2D eigenvalue weighted by atomic mass is 19.1. The molecule has 2 aliphatic rings. The predicted octanol–water partition coefficient (Wildman–Crippen LogP) is 2.97. The van der Waals surface area contributed by atoms with Crippen LogP contribution in [0.2, 0.25) is 0 Å². The normalized spacial score (nSPS) is 22.4. The summed E-state index contributed by atoms with van der Waals surface area (Å²) in [6, 6.07) is 13.4. The van der Waals surface area contributed by atoms with E-state index in [-0.39, 0.29) is 18.2 Å². The number of carbonyl (C=O) groups is 2. The van der Waals surface area contributed by atoms with Crippen molar-refractivity contribution in [2.45, 2.75) is 24.3 Å². The second-order valence-corrected chi connectivity index (χ2v) is 7.93. The fourth-order valence-corrected chi connectivity index (χ4v) is 4.91. The summed E-state index contributed by atoms with van der Waals surface area (Å²) in [6.07, 6.45) is 3.99. The topological polar surface area (TPSA) is 67.2 Å². The highest BCUT2D eigenvalue weighted by Crippen LogP contribution is 2.54. The maximum absolute atomic E-state index is 14.2. The number of rotatable bonds is 3. The van der Waals surface area contributed by atoms with Crippen LogP contribution in [-0.4, -0.2) is 33.0 Å². The van der Waals surface area contributed by atoms with Gasteiger partial charge in [0, 0.05) is 31.0 Å². The standard InChI is InChI=1S/C23H21FN4O2/c1-27-14-16(13-25-27)21-23(17-7-3-5-9-19(17)26-22(23)30)10-11-28(21)20(29)12-15-6-2-4-8-18(15)24/h2-9,13-14,21H,10-12H2,1H3,(H,26,30). The molecule has 0 bridgehead atoms. The van der Waals surface area contributed by atoms with E-state index < -0.39 is 17.3 Å². The largest absolute Gasteiger partial charge is 0.334 e. The molecule has 2 atom stereocenters. The van der Waals surface area contributed by atoms with Crippen molar-refractivity contribution in [3.63, 3.8) is 0 Å². The third kappa shape index (κ3) is 2.65. The summed E-state index contributed by atoms with van der Waals surface area (Å²) in [4.78, 5) is 28.3. The van der Waals surface area contributed by atoms with Crippen LogP contribution < -0.4 is 5.32 Å². The van der Waals surface area contributed by atoms with Gasteiger partial charge in [-0.3, -0.25) is 14.3 Å². The second kappa shape index (κ2) is 6.79. The molecule has 2 aromatic carbocycles. The predicted molar refractivity (Wildman–Crippen MR) is 109 cm³/mol. The summed E-state index contributed by atoms with van der Waals surface area (Å²) in [5.74, 6) is -0.719. The number of likely N-dealkylation sites (tertiary alicyclic amines) is 1. The molecule has 0 aliphatic carbocycles. The maximum Gasteiger partial charge on any atom is 0.237 e. The van der Waals surface area contributed by atoms with Crippen molar-refractivity contribution in [3.8, 4) is 0 Å². The van der Waals surface area contributed by atoms with Gasteiger partial charge < -0.3 is 10.2 Å². The zero-order chi connectivity index (χ0) is 20.9. The Kier molecular flexibility index (Phi) is 4.20. The first-order valence-electron chi connectivity index (χ1n) is 9.93. The average molecular weight is 404 g/mol. The highest BCUT2D eigenvalue weighted by Gasteiger charge is 2.59. The lowest BCUT2D eigenvalue weighted by atomic mass is 9.73. The molecule has 30 heavy (non-hydrogen) atoms. The van der Waals surface area contributed by atoms with Crippen molar-refractivity contribution in [2.24, 2.45) is 7.05 Å². The van der Waals surface area contributed by atoms with E-state index in [2.05, 4.69) is 10.4 Å². The number of benzene rings is 2. The fourth-order valence-electron chi connectivity index (χ4n) is 4.91. The second-order valence-electron chi connectivity index (χ2n) is 7.93. The van der Waals surface area contributed by atoms with Gasteiger partial charge >= 0.3 is 0 Å². The first kappa shape index (κ1) is 18.5. The molecule has 5 rings (SSSR count). The van der Waals surface area contributed by atoms with Crippen LogP contribution in [0.25, 0.3) is 0 Å². The van der Waals surface area contributed by atoms with Gasteiger partial charge in [-0.05, 0) is 29.7 Å². The molecule has 2 unspecified atom stereocenters. The maximum atomic E-state index is 14.2. The fraction of sp³-hybridized carbons (Fsp3) is 0.261. The lowest BCUT2D eigenvalue weighted by molar-refractivity contribution is -0.132. The SMILES string of the molecule is Cn1cc(C2N(C(=O)Cc3ccccc3F)CCC23C(=O)Nc2ccccc23)cn1. The number of hydrogen-bond acceptors (Lipinski definition) is 3. The number of hydrogen-bond donors (Lipinski definition) is 1. The quantitative estimate of drug-likeness (QED) is 0.730. The Morgan fingerprint density at radius 2 is 2.00 bits per heavy atom. The highest BCUT2D eigenvalue weighted by molar-refractivity contribution is 6.07. The van der Waals surface area contributed by atoms with Gasteiger partial charge in [0.15, 0.2) is 0 Å². The average Bonchev–Trinajstić information content (AvgIpc) is 3.41. The van der Waals surface area contributed by atoms with Crippen LogP contribution in [0.4, 0.5) is 10.1 Å². The van der Waals surface area contributed by atoms with Gasteiger partial charge in [-0.15, -0.1) is 0 Å². The number of aromatic nitrogens is 2. The van der Waals surface area contributed by atoms with Crippen LogP contribution >= 0.6 is 0 Å². The van der Waals surface area contributed by atoms with Crippen molar-refractivity contribution in [2.75, 3.05) is 11.9 Å². The molecule has 1 saturated heterocycles. The Morgan fingerprint density at radius 3 is 2.77 bits per heavy atom. The van der Waals surface area contributed by atoms with Crippen molar-refractivity contribution in [1.29, 1.82) is 0 Å². The van der Waals surface area contributed by atoms with E-state index in [1.54, 1.807) is 41.0 Å². The molecule has 2 amide bonds. The van der Waals surface area contributed by atoms with E-state index in [0.717, 1.165) is 16.8 Å². The summed E-state index contributed by atoms with van der Waals surface area (Å²) in [6.45, 7) is 0.411. The number of anilines is 1. The summed E-state index contributed by atoms with van der Waals surface area (Å²) >= 11 is 0. The number of fused-ring (bicyclic) bond motifs is 2. The summed E-state index contributed by atoms with van der Waals surface area (Å²) in [7, 11) is 1.80. The molecule has 1 aromatic heterocycles. The van der Waals surface area contributed by atoms with Gasteiger partial charge in [-0.2, -0.15) is 5.10 Å². The van der Waals surface area contributed by atoms with E-state index in [4.69, 9.17) is 0 Å². The van der Waals surface area contributed by atoms with Crippen LogP contribution in [0, 0.1) is 5.82 Å². The Balaban J connectivity index is 1.59. The number of halogens is 1. The molecule has 2 aliphatic heterocycles. The molecule has 3 heterocycles. The molecular weight excluding hydrogens is 383 g/mol. The first-order valence-corrected chi connectivity index (χ1v) is 9.93. The van der Waals surface area contributed by atoms with Crippen LogP contribution in [0.1, 0.15) is 29.2 Å².